The van der Waals surface area contributed by atoms with Crippen LogP contribution in [0.4, 0.5) is 13.2 Å². The van der Waals surface area contributed by atoms with Gasteiger partial charge in [-0.2, -0.15) is 13.2 Å². The number of nitrogens with zero attached hydrogens (tertiary/aromatic N) is 1. The van der Waals surface area contributed by atoms with Crippen molar-refractivity contribution in [3.8, 4) is 5.75 Å². The van der Waals surface area contributed by atoms with Crippen LogP contribution in [0.3, 0.4) is 0 Å². The number of rotatable bonds is 6. The molecule has 1 aliphatic carbocycles. The van der Waals surface area contributed by atoms with Gasteiger partial charge in [0.05, 0.1) is 6.61 Å². The molecule has 0 amide bonds. The summed E-state index contributed by atoms with van der Waals surface area (Å²) in [6.07, 6.45) is -0.363. The summed E-state index contributed by atoms with van der Waals surface area (Å²) in [6.45, 7) is 5.79. The monoisotopic (exact) mass is 339 g/mol. The summed E-state index contributed by atoms with van der Waals surface area (Å²) in [5.41, 5.74) is 3.91. The Morgan fingerprint density at radius 1 is 1.25 bits per heavy atom. The number of ether oxygens (including phenoxy) is 1. The number of likely N-dealkylation sites (tertiary alicyclic amines) is 1. The molecule has 0 bridgehead atoms. The van der Waals surface area contributed by atoms with Gasteiger partial charge in [0.2, 0.25) is 0 Å². The van der Waals surface area contributed by atoms with Crippen molar-refractivity contribution >= 4 is 6.08 Å². The maximum atomic E-state index is 12.1. The molecule has 0 spiro atoms. The first-order chi connectivity index (χ1) is 11.4. The van der Waals surface area contributed by atoms with Crippen LogP contribution < -0.4 is 4.74 Å². The van der Waals surface area contributed by atoms with Gasteiger partial charge in [-0.25, -0.2) is 0 Å². The molecule has 0 saturated carbocycles. The van der Waals surface area contributed by atoms with Gasteiger partial charge in [-0.15, -0.1) is 0 Å². The van der Waals surface area contributed by atoms with Gasteiger partial charge in [0.25, 0.3) is 0 Å². The molecule has 24 heavy (non-hydrogen) atoms. The Bertz CT molecular complexity index is 605. The second kappa shape index (κ2) is 7.18. The van der Waals surface area contributed by atoms with E-state index >= 15 is 0 Å². The van der Waals surface area contributed by atoms with Gasteiger partial charge in [0.15, 0.2) is 0 Å². The first-order valence-corrected chi connectivity index (χ1v) is 8.66. The summed E-state index contributed by atoms with van der Waals surface area (Å²) >= 11 is 0. The minimum absolute atomic E-state index is 0.00310. The highest BCUT2D eigenvalue weighted by Crippen LogP contribution is 2.32. The largest absolute Gasteiger partial charge is 0.494 e. The molecule has 0 N–H and O–H groups in total. The van der Waals surface area contributed by atoms with Crippen LogP contribution in [0.25, 0.3) is 6.08 Å². The number of hydrogen-bond donors (Lipinski definition) is 0. The fraction of sp³-hybridized carbons (Fsp3) is 0.579. The van der Waals surface area contributed by atoms with Gasteiger partial charge >= 0.3 is 6.18 Å². The maximum Gasteiger partial charge on any atom is 0.389 e. The number of halogens is 3. The minimum atomic E-state index is -4.10. The summed E-state index contributed by atoms with van der Waals surface area (Å²) in [5.74, 6) is 1.17. The normalized spacial score (nSPS) is 21.0. The van der Waals surface area contributed by atoms with Crippen LogP contribution in [0.2, 0.25) is 0 Å². The van der Waals surface area contributed by atoms with E-state index in [4.69, 9.17) is 4.74 Å². The van der Waals surface area contributed by atoms with E-state index < -0.39 is 12.6 Å². The van der Waals surface area contributed by atoms with E-state index in [2.05, 4.69) is 17.9 Å². The Kier molecular flexibility index (Phi) is 5.18. The first-order valence-electron chi connectivity index (χ1n) is 8.66. The maximum absolute atomic E-state index is 12.1. The van der Waals surface area contributed by atoms with E-state index in [1.54, 1.807) is 0 Å². The standard InChI is InChI=1S/C19H24F3NO/c1-14-10-16-12-18(24-9-2-6-19(20,21)22)5-4-15(16)11-17(14)13-23-7-3-8-23/h4-5,11-12,14H,2-3,6-10,13H2,1H3/t14-/m0/s1. The van der Waals surface area contributed by atoms with Gasteiger partial charge in [0.1, 0.15) is 5.75 Å². The molecule has 0 unspecified atom stereocenters. The van der Waals surface area contributed by atoms with Crippen LogP contribution in [0, 0.1) is 5.92 Å². The van der Waals surface area contributed by atoms with Gasteiger partial charge in [-0.1, -0.05) is 24.6 Å². The van der Waals surface area contributed by atoms with Crippen molar-refractivity contribution in [1.82, 2.24) is 4.90 Å². The summed E-state index contributed by atoms with van der Waals surface area (Å²) < 4.78 is 41.9. The Hall–Kier alpha value is -1.49. The smallest absolute Gasteiger partial charge is 0.389 e. The zero-order valence-corrected chi connectivity index (χ0v) is 14.0. The summed E-state index contributed by atoms with van der Waals surface area (Å²) in [5, 5.41) is 0. The molecule has 3 rings (SSSR count). The molecular formula is C19H24F3NO. The molecule has 0 aromatic heterocycles. The van der Waals surface area contributed by atoms with Gasteiger partial charge in [-0.3, -0.25) is 4.90 Å². The van der Waals surface area contributed by atoms with Crippen molar-refractivity contribution in [2.24, 2.45) is 5.92 Å². The predicted octanol–water partition coefficient (Wildman–Crippen LogP) is 4.69. The van der Waals surface area contributed by atoms with Crippen LogP contribution in [0.5, 0.6) is 5.75 Å². The van der Waals surface area contributed by atoms with E-state index in [9.17, 15) is 13.2 Å². The highest BCUT2D eigenvalue weighted by atomic mass is 19.4. The average molecular weight is 339 g/mol. The van der Waals surface area contributed by atoms with E-state index in [1.165, 1.54) is 36.2 Å². The molecule has 1 saturated heterocycles. The van der Waals surface area contributed by atoms with Crippen molar-refractivity contribution in [3.63, 3.8) is 0 Å². The fourth-order valence-corrected chi connectivity index (χ4v) is 3.25. The lowest BCUT2D eigenvalue weighted by molar-refractivity contribution is -0.136. The van der Waals surface area contributed by atoms with Crippen LogP contribution in [-0.4, -0.2) is 37.3 Å². The van der Waals surface area contributed by atoms with Gasteiger partial charge in [-0.05, 0) is 61.5 Å². The van der Waals surface area contributed by atoms with E-state index in [0.717, 1.165) is 13.0 Å². The number of benzene rings is 1. The number of alkyl halides is 3. The van der Waals surface area contributed by atoms with Gasteiger partial charge < -0.3 is 4.74 Å². The van der Waals surface area contributed by atoms with Crippen molar-refractivity contribution in [2.75, 3.05) is 26.2 Å². The summed E-state index contributed by atoms with van der Waals surface area (Å²) in [4.78, 5) is 2.46. The third-order valence-electron chi connectivity index (χ3n) is 4.84. The van der Waals surface area contributed by atoms with Crippen molar-refractivity contribution in [1.29, 1.82) is 0 Å². The molecule has 1 aromatic carbocycles. The minimum Gasteiger partial charge on any atom is -0.494 e. The fourth-order valence-electron chi connectivity index (χ4n) is 3.25. The van der Waals surface area contributed by atoms with Crippen LogP contribution in [0.15, 0.2) is 23.8 Å². The van der Waals surface area contributed by atoms with Gasteiger partial charge in [0, 0.05) is 13.0 Å². The predicted molar refractivity (Wildman–Crippen MR) is 89.1 cm³/mol. The summed E-state index contributed by atoms with van der Waals surface area (Å²) in [7, 11) is 0. The topological polar surface area (TPSA) is 12.5 Å². The molecule has 2 aliphatic rings. The lowest BCUT2D eigenvalue weighted by Gasteiger charge is -2.34. The van der Waals surface area contributed by atoms with E-state index in [1.807, 2.05) is 18.2 Å². The highest BCUT2D eigenvalue weighted by molar-refractivity contribution is 5.62. The van der Waals surface area contributed by atoms with Crippen molar-refractivity contribution in [3.05, 3.63) is 34.9 Å². The third kappa shape index (κ3) is 4.53. The molecule has 1 fully saturated rings. The quantitative estimate of drug-likeness (QED) is 0.697. The Balaban J connectivity index is 1.59. The Morgan fingerprint density at radius 2 is 2.04 bits per heavy atom. The van der Waals surface area contributed by atoms with E-state index in [0.29, 0.717) is 11.7 Å². The second-order valence-corrected chi connectivity index (χ2v) is 6.88. The molecule has 1 aromatic rings. The average Bonchev–Trinajstić information content (AvgIpc) is 2.46. The Labute approximate surface area is 141 Å². The summed E-state index contributed by atoms with van der Waals surface area (Å²) in [6, 6.07) is 5.87. The molecule has 1 atom stereocenters. The molecule has 1 aliphatic heterocycles. The lowest BCUT2D eigenvalue weighted by atomic mass is 9.84. The third-order valence-corrected chi connectivity index (χ3v) is 4.84. The molecule has 5 heteroatoms. The molecule has 132 valence electrons. The zero-order valence-electron chi connectivity index (χ0n) is 14.0. The van der Waals surface area contributed by atoms with Crippen LogP contribution in [-0.2, 0) is 6.42 Å². The number of fused-ring (bicyclic) bond motifs is 1. The molecule has 2 nitrogen and oxygen atoms in total. The van der Waals surface area contributed by atoms with Crippen LogP contribution >= 0.6 is 0 Å². The second-order valence-electron chi connectivity index (χ2n) is 6.88. The highest BCUT2D eigenvalue weighted by Gasteiger charge is 2.26. The Morgan fingerprint density at radius 3 is 2.71 bits per heavy atom. The molecule has 0 radical (unpaired) electrons. The zero-order chi connectivity index (χ0) is 17.2. The van der Waals surface area contributed by atoms with E-state index in [-0.39, 0.29) is 13.0 Å². The van der Waals surface area contributed by atoms with Crippen LogP contribution in [0.1, 0.15) is 37.3 Å². The lowest BCUT2D eigenvalue weighted by Crippen LogP contribution is -2.39. The SMILES string of the molecule is C[C@H]1Cc2cc(OCCCC(F)(F)F)ccc2C=C1CN1CCC1. The molecule has 1 heterocycles. The number of hydrogen-bond acceptors (Lipinski definition) is 2. The van der Waals surface area contributed by atoms with Crippen molar-refractivity contribution in [2.45, 2.75) is 38.8 Å². The molecular weight excluding hydrogens is 315 g/mol. The first kappa shape index (κ1) is 17.3. The van der Waals surface area contributed by atoms with Crippen molar-refractivity contribution < 1.29 is 17.9 Å².